The van der Waals surface area contributed by atoms with Crippen molar-refractivity contribution in [3.63, 3.8) is 0 Å². The van der Waals surface area contributed by atoms with Gasteiger partial charge in [0.15, 0.2) is 0 Å². The molecule has 0 saturated heterocycles. The molecule has 4 N–H and O–H groups in total. The number of aromatic hydroxyl groups is 1. The van der Waals surface area contributed by atoms with Gasteiger partial charge in [0.2, 0.25) is 0 Å². The Kier molecular flexibility index (Phi) is 3.90. The molecular formula is C14H21NO3. The van der Waals surface area contributed by atoms with E-state index >= 15 is 0 Å². The van der Waals surface area contributed by atoms with Crippen LogP contribution in [0, 0.1) is 0 Å². The molecule has 1 aliphatic rings. The minimum Gasteiger partial charge on any atom is -0.508 e. The van der Waals surface area contributed by atoms with Crippen molar-refractivity contribution in [3.8, 4) is 5.75 Å². The van der Waals surface area contributed by atoms with Crippen LogP contribution in [0.1, 0.15) is 43.1 Å². The number of benzene rings is 1. The molecule has 0 aliphatic heterocycles. The molecule has 2 atom stereocenters. The lowest BCUT2D eigenvalue weighted by molar-refractivity contribution is 0.110. The van der Waals surface area contributed by atoms with Gasteiger partial charge in [-0.1, -0.05) is 19.9 Å². The Labute approximate surface area is 107 Å². The van der Waals surface area contributed by atoms with Crippen LogP contribution in [0.5, 0.6) is 5.75 Å². The zero-order valence-electron chi connectivity index (χ0n) is 10.8. The lowest BCUT2D eigenvalue weighted by atomic mass is 9.83. The predicted octanol–water partition coefficient (Wildman–Crippen LogP) is 1.23. The summed E-state index contributed by atoms with van der Waals surface area (Å²) in [6, 6.07) is 3.66. The van der Waals surface area contributed by atoms with Gasteiger partial charge >= 0.3 is 0 Å². The van der Waals surface area contributed by atoms with Gasteiger partial charge in [-0.3, -0.25) is 0 Å². The van der Waals surface area contributed by atoms with Gasteiger partial charge in [-0.25, -0.2) is 0 Å². The van der Waals surface area contributed by atoms with Crippen molar-refractivity contribution in [1.82, 2.24) is 5.32 Å². The van der Waals surface area contributed by atoms with Gasteiger partial charge in [-0.15, -0.1) is 0 Å². The average molecular weight is 251 g/mol. The Morgan fingerprint density at radius 2 is 2.11 bits per heavy atom. The zero-order chi connectivity index (χ0) is 13.3. The van der Waals surface area contributed by atoms with Gasteiger partial charge in [0.05, 0.1) is 12.7 Å². The maximum absolute atomic E-state index is 10.4. The van der Waals surface area contributed by atoms with Crippen LogP contribution in [0.3, 0.4) is 0 Å². The number of hydrogen-bond acceptors (Lipinski definition) is 4. The van der Waals surface area contributed by atoms with Crippen molar-refractivity contribution in [2.45, 2.75) is 51.5 Å². The highest BCUT2D eigenvalue weighted by molar-refractivity contribution is 5.46. The monoisotopic (exact) mass is 251 g/mol. The van der Waals surface area contributed by atoms with Crippen LogP contribution in [-0.2, 0) is 13.0 Å². The second-order valence-electron chi connectivity index (χ2n) is 5.20. The van der Waals surface area contributed by atoms with Gasteiger partial charge < -0.3 is 20.6 Å². The van der Waals surface area contributed by atoms with Gasteiger partial charge in [-0.05, 0) is 30.0 Å². The molecule has 1 aliphatic carbocycles. The van der Waals surface area contributed by atoms with Gasteiger partial charge in [0, 0.05) is 17.6 Å². The smallest absolute Gasteiger partial charge is 0.121 e. The van der Waals surface area contributed by atoms with Crippen LogP contribution in [-0.4, -0.2) is 27.4 Å². The van der Waals surface area contributed by atoms with E-state index in [9.17, 15) is 15.3 Å². The summed E-state index contributed by atoms with van der Waals surface area (Å²) in [6.07, 6.45) is 0.992. The maximum atomic E-state index is 10.4. The molecule has 0 fully saturated rings. The van der Waals surface area contributed by atoms with E-state index in [-0.39, 0.29) is 18.4 Å². The molecular weight excluding hydrogens is 230 g/mol. The number of fused-ring (bicyclic) bond motifs is 1. The predicted molar refractivity (Wildman–Crippen MR) is 69.4 cm³/mol. The van der Waals surface area contributed by atoms with Crippen molar-refractivity contribution in [1.29, 1.82) is 0 Å². The summed E-state index contributed by atoms with van der Waals surface area (Å²) in [6.45, 7) is 3.92. The first kappa shape index (κ1) is 13.3. The number of phenols is 1. The number of hydrogen-bond donors (Lipinski definition) is 4. The second kappa shape index (κ2) is 5.26. The van der Waals surface area contributed by atoms with Crippen LogP contribution in [0.25, 0.3) is 0 Å². The first-order valence-corrected chi connectivity index (χ1v) is 6.43. The standard InChI is InChI=1S/C14H21NO3/c1-8(2)15-12-5-3-9-10(14(12)18)4-6-13(17)11(9)7-16/h4,6,8,12,14-18H,3,5,7H2,1-2H3/t12-,14-/m0/s1. The Bertz CT molecular complexity index is 431. The highest BCUT2D eigenvalue weighted by Gasteiger charge is 2.30. The minimum atomic E-state index is -0.581. The van der Waals surface area contributed by atoms with E-state index in [1.807, 2.05) is 0 Å². The minimum absolute atomic E-state index is 0.0357. The lowest BCUT2D eigenvalue weighted by Crippen LogP contribution is -2.42. The molecule has 0 spiro atoms. The van der Waals surface area contributed by atoms with Crippen molar-refractivity contribution >= 4 is 0 Å². The van der Waals surface area contributed by atoms with Crippen LogP contribution in [0.15, 0.2) is 12.1 Å². The van der Waals surface area contributed by atoms with Gasteiger partial charge in [0.1, 0.15) is 5.75 Å². The summed E-state index contributed by atoms with van der Waals surface area (Å²) >= 11 is 0. The fourth-order valence-corrected chi connectivity index (χ4v) is 2.72. The number of nitrogens with one attached hydrogen (secondary N) is 1. The molecule has 0 unspecified atom stereocenters. The fourth-order valence-electron chi connectivity index (χ4n) is 2.72. The third-order valence-corrected chi connectivity index (χ3v) is 3.55. The summed E-state index contributed by atoms with van der Waals surface area (Å²) in [5.41, 5.74) is 2.27. The quantitative estimate of drug-likeness (QED) is 0.652. The largest absolute Gasteiger partial charge is 0.508 e. The molecule has 18 heavy (non-hydrogen) atoms. The van der Waals surface area contributed by atoms with E-state index < -0.39 is 6.10 Å². The molecule has 4 heteroatoms. The Morgan fingerprint density at radius 3 is 2.72 bits per heavy atom. The summed E-state index contributed by atoms with van der Waals surface area (Å²) in [5.74, 6) is 0.110. The molecule has 0 saturated carbocycles. The Hall–Kier alpha value is -1.10. The molecule has 1 aromatic rings. The summed E-state index contributed by atoms with van der Waals surface area (Å²) in [7, 11) is 0. The van der Waals surface area contributed by atoms with E-state index in [1.54, 1.807) is 12.1 Å². The number of aliphatic hydroxyl groups excluding tert-OH is 2. The number of aliphatic hydroxyl groups is 2. The van der Waals surface area contributed by atoms with Crippen LogP contribution in [0.2, 0.25) is 0 Å². The third-order valence-electron chi connectivity index (χ3n) is 3.55. The maximum Gasteiger partial charge on any atom is 0.121 e. The highest BCUT2D eigenvalue weighted by atomic mass is 16.3. The van der Waals surface area contributed by atoms with E-state index in [1.165, 1.54) is 0 Å². The molecule has 0 bridgehead atoms. The topological polar surface area (TPSA) is 72.7 Å². The van der Waals surface area contributed by atoms with Crippen molar-refractivity contribution in [2.24, 2.45) is 0 Å². The van der Waals surface area contributed by atoms with Crippen molar-refractivity contribution in [2.75, 3.05) is 0 Å². The lowest BCUT2D eigenvalue weighted by Gasteiger charge is -2.33. The van der Waals surface area contributed by atoms with Crippen LogP contribution >= 0.6 is 0 Å². The van der Waals surface area contributed by atoms with Crippen LogP contribution < -0.4 is 5.32 Å². The van der Waals surface area contributed by atoms with E-state index in [0.717, 1.165) is 24.0 Å². The fraction of sp³-hybridized carbons (Fsp3) is 0.571. The van der Waals surface area contributed by atoms with Crippen LogP contribution in [0.4, 0.5) is 0 Å². The Morgan fingerprint density at radius 1 is 1.39 bits per heavy atom. The van der Waals surface area contributed by atoms with E-state index in [4.69, 9.17) is 0 Å². The second-order valence-corrected chi connectivity index (χ2v) is 5.20. The molecule has 0 heterocycles. The molecule has 0 amide bonds. The normalized spacial score (nSPS) is 23.2. The molecule has 100 valence electrons. The molecule has 1 aromatic carbocycles. The van der Waals surface area contributed by atoms with Crippen molar-refractivity contribution < 1.29 is 15.3 Å². The van der Waals surface area contributed by atoms with Gasteiger partial charge in [-0.2, -0.15) is 0 Å². The average Bonchev–Trinajstić information content (AvgIpc) is 2.32. The molecule has 0 radical (unpaired) electrons. The first-order valence-electron chi connectivity index (χ1n) is 6.43. The Balaban J connectivity index is 2.33. The summed E-state index contributed by atoms with van der Waals surface area (Å²) in [4.78, 5) is 0. The first-order chi connectivity index (χ1) is 8.54. The molecule has 0 aromatic heterocycles. The molecule has 4 nitrogen and oxygen atoms in total. The summed E-state index contributed by atoms with van der Waals surface area (Å²) in [5, 5.41) is 32.7. The third kappa shape index (κ3) is 2.36. The van der Waals surface area contributed by atoms with Gasteiger partial charge in [0.25, 0.3) is 0 Å². The molecule has 2 rings (SSSR count). The SMILES string of the molecule is CC(C)N[C@H]1CCc2c(ccc(O)c2CO)[C@@H]1O. The summed E-state index contributed by atoms with van der Waals surface area (Å²) < 4.78 is 0. The highest BCUT2D eigenvalue weighted by Crippen LogP contribution is 2.35. The van der Waals surface area contributed by atoms with E-state index in [0.29, 0.717) is 11.6 Å². The van der Waals surface area contributed by atoms with Crippen molar-refractivity contribution in [3.05, 3.63) is 28.8 Å². The van der Waals surface area contributed by atoms with E-state index in [2.05, 4.69) is 19.2 Å². The number of rotatable bonds is 3. The zero-order valence-corrected chi connectivity index (χ0v) is 10.8.